The Morgan fingerprint density at radius 2 is 2.08 bits per heavy atom. The number of nitrogens with one attached hydrogen (secondary N) is 1. The molecule has 2 heterocycles. The standard InChI is InChI=1S/C17H21FN4O3/c1-9(23)20-5-11-6-22(17(24)25-11)10-2-3-15(14(18)4-10)21-7-12-13(8-21)16(12)19/h2-4,11-13,16H,5-8,19H2,1H3,(H,20,23). The van der Waals surface area contributed by atoms with Crippen LogP contribution in [-0.4, -0.2) is 50.3 Å². The number of hydrogen-bond acceptors (Lipinski definition) is 5. The van der Waals surface area contributed by atoms with Crippen molar-refractivity contribution in [3.05, 3.63) is 24.0 Å². The number of halogens is 1. The highest BCUT2D eigenvalue weighted by molar-refractivity contribution is 5.90. The molecule has 1 saturated carbocycles. The molecule has 1 aliphatic carbocycles. The summed E-state index contributed by atoms with van der Waals surface area (Å²) >= 11 is 0. The van der Waals surface area contributed by atoms with Crippen LogP contribution in [-0.2, 0) is 9.53 Å². The second-order valence-corrected chi connectivity index (χ2v) is 7.00. The molecular weight excluding hydrogens is 327 g/mol. The number of benzene rings is 1. The zero-order valence-corrected chi connectivity index (χ0v) is 13.9. The lowest BCUT2D eigenvalue weighted by Crippen LogP contribution is -2.33. The van der Waals surface area contributed by atoms with Crippen LogP contribution in [0.25, 0.3) is 0 Å². The Morgan fingerprint density at radius 3 is 2.72 bits per heavy atom. The van der Waals surface area contributed by atoms with Gasteiger partial charge >= 0.3 is 6.09 Å². The molecule has 2 aliphatic heterocycles. The predicted molar refractivity (Wildman–Crippen MR) is 89.9 cm³/mol. The Kier molecular flexibility index (Phi) is 3.79. The fourth-order valence-electron chi connectivity index (χ4n) is 3.79. The van der Waals surface area contributed by atoms with Gasteiger partial charge in [-0.3, -0.25) is 9.69 Å². The summed E-state index contributed by atoms with van der Waals surface area (Å²) in [6.07, 6.45) is -0.970. The van der Waals surface area contributed by atoms with Crippen LogP contribution < -0.4 is 20.9 Å². The lowest BCUT2D eigenvalue weighted by molar-refractivity contribution is -0.119. The molecule has 3 unspecified atom stereocenters. The van der Waals surface area contributed by atoms with Crippen LogP contribution in [0.15, 0.2) is 18.2 Å². The number of hydrogen-bond donors (Lipinski definition) is 2. The molecule has 3 N–H and O–H groups in total. The molecule has 134 valence electrons. The average molecular weight is 348 g/mol. The largest absolute Gasteiger partial charge is 0.442 e. The number of amides is 2. The topological polar surface area (TPSA) is 87.9 Å². The Labute approximate surface area is 144 Å². The first-order valence-corrected chi connectivity index (χ1v) is 8.46. The van der Waals surface area contributed by atoms with Crippen molar-refractivity contribution >= 4 is 23.4 Å². The molecule has 8 heteroatoms. The zero-order valence-electron chi connectivity index (χ0n) is 13.9. The van der Waals surface area contributed by atoms with Gasteiger partial charge in [0, 0.05) is 26.1 Å². The Hall–Kier alpha value is -2.35. The van der Waals surface area contributed by atoms with Gasteiger partial charge < -0.3 is 20.7 Å². The van der Waals surface area contributed by atoms with Gasteiger partial charge in [0.25, 0.3) is 0 Å². The molecule has 0 aromatic heterocycles. The zero-order chi connectivity index (χ0) is 17.7. The Morgan fingerprint density at radius 1 is 1.36 bits per heavy atom. The van der Waals surface area contributed by atoms with Gasteiger partial charge in [0.1, 0.15) is 11.9 Å². The molecule has 0 spiro atoms. The van der Waals surface area contributed by atoms with Crippen molar-refractivity contribution in [3.8, 4) is 0 Å². The minimum Gasteiger partial charge on any atom is -0.442 e. The van der Waals surface area contributed by atoms with Gasteiger partial charge in [0.15, 0.2) is 0 Å². The van der Waals surface area contributed by atoms with Crippen molar-refractivity contribution < 1.29 is 18.7 Å². The van der Waals surface area contributed by atoms with E-state index in [-0.39, 0.29) is 30.9 Å². The van der Waals surface area contributed by atoms with E-state index in [1.807, 2.05) is 4.90 Å². The van der Waals surface area contributed by atoms with Gasteiger partial charge in [0.05, 0.1) is 24.5 Å². The van der Waals surface area contributed by atoms with E-state index >= 15 is 0 Å². The smallest absolute Gasteiger partial charge is 0.414 e. The third-order valence-electron chi connectivity index (χ3n) is 5.30. The maximum Gasteiger partial charge on any atom is 0.414 e. The summed E-state index contributed by atoms with van der Waals surface area (Å²) in [7, 11) is 0. The van der Waals surface area contributed by atoms with Gasteiger partial charge in [-0.1, -0.05) is 0 Å². The fraction of sp³-hybridized carbons (Fsp3) is 0.529. The number of nitrogens with two attached hydrogens (primary N) is 1. The van der Waals surface area contributed by atoms with E-state index in [1.54, 1.807) is 12.1 Å². The van der Waals surface area contributed by atoms with Crippen LogP contribution >= 0.6 is 0 Å². The number of anilines is 2. The second kappa shape index (κ2) is 5.87. The van der Waals surface area contributed by atoms with Crippen molar-refractivity contribution in [1.29, 1.82) is 0 Å². The summed E-state index contributed by atoms with van der Waals surface area (Å²) in [6.45, 7) is 3.49. The summed E-state index contributed by atoms with van der Waals surface area (Å²) < 4.78 is 19.8. The number of fused-ring (bicyclic) bond motifs is 1. The molecular formula is C17H21FN4O3. The molecule has 3 aliphatic rings. The maximum atomic E-state index is 14.6. The van der Waals surface area contributed by atoms with E-state index in [4.69, 9.17) is 10.5 Å². The van der Waals surface area contributed by atoms with Crippen molar-refractivity contribution in [1.82, 2.24) is 5.32 Å². The van der Waals surface area contributed by atoms with Crippen molar-refractivity contribution in [2.45, 2.75) is 19.1 Å². The summed E-state index contributed by atoms with van der Waals surface area (Å²) in [6, 6.07) is 5.06. The third kappa shape index (κ3) is 2.90. The lowest BCUT2D eigenvalue weighted by Gasteiger charge is -2.23. The Bertz CT molecular complexity index is 716. The van der Waals surface area contributed by atoms with Gasteiger partial charge in [-0.25, -0.2) is 9.18 Å². The highest BCUT2D eigenvalue weighted by Crippen LogP contribution is 2.45. The third-order valence-corrected chi connectivity index (χ3v) is 5.30. The quantitative estimate of drug-likeness (QED) is 0.835. The molecule has 1 aromatic rings. The molecule has 3 atom stereocenters. The van der Waals surface area contributed by atoms with Gasteiger partial charge in [-0.15, -0.1) is 0 Å². The molecule has 4 rings (SSSR count). The van der Waals surface area contributed by atoms with E-state index in [0.717, 1.165) is 13.1 Å². The minimum atomic E-state index is -0.532. The first kappa shape index (κ1) is 16.1. The van der Waals surface area contributed by atoms with Crippen LogP contribution in [0.1, 0.15) is 6.92 Å². The Balaban J connectivity index is 1.44. The first-order valence-electron chi connectivity index (χ1n) is 8.46. The normalized spacial score (nSPS) is 30.3. The van der Waals surface area contributed by atoms with Gasteiger partial charge in [-0.2, -0.15) is 0 Å². The van der Waals surface area contributed by atoms with Crippen LogP contribution in [0.3, 0.4) is 0 Å². The number of piperidine rings is 1. The summed E-state index contributed by atoms with van der Waals surface area (Å²) in [5.41, 5.74) is 6.93. The number of carbonyl (C=O) groups excluding carboxylic acids is 2. The van der Waals surface area contributed by atoms with E-state index < -0.39 is 12.2 Å². The van der Waals surface area contributed by atoms with Crippen LogP contribution in [0, 0.1) is 17.7 Å². The highest BCUT2D eigenvalue weighted by Gasteiger charge is 2.53. The van der Waals surface area contributed by atoms with Crippen LogP contribution in [0.2, 0.25) is 0 Å². The van der Waals surface area contributed by atoms with E-state index in [9.17, 15) is 14.0 Å². The van der Waals surface area contributed by atoms with E-state index in [0.29, 0.717) is 23.2 Å². The fourth-order valence-corrected chi connectivity index (χ4v) is 3.79. The van der Waals surface area contributed by atoms with Crippen LogP contribution in [0.4, 0.5) is 20.6 Å². The summed E-state index contributed by atoms with van der Waals surface area (Å²) in [5, 5.41) is 2.62. The summed E-state index contributed by atoms with van der Waals surface area (Å²) in [4.78, 5) is 26.4. The number of carbonyl (C=O) groups is 2. The number of nitrogens with zero attached hydrogens (tertiary/aromatic N) is 2. The van der Waals surface area contributed by atoms with Crippen LogP contribution in [0.5, 0.6) is 0 Å². The average Bonchev–Trinajstić information content (AvgIpc) is 2.95. The SMILES string of the molecule is CC(=O)NCC1CN(c2ccc(N3CC4C(N)C4C3)c(F)c2)C(=O)O1. The van der Waals surface area contributed by atoms with Crippen molar-refractivity contribution in [2.75, 3.05) is 36.0 Å². The molecule has 25 heavy (non-hydrogen) atoms. The number of ether oxygens (including phenoxy) is 1. The molecule has 2 saturated heterocycles. The molecule has 1 aromatic carbocycles. The minimum absolute atomic E-state index is 0.187. The molecule has 2 amide bonds. The van der Waals surface area contributed by atoms with Gasteiger partial charge in [-0.05, 0) is 30.0 Å². The maximum absolute atomic E-state index is 14.6. The number of rotatable bonds is 4. The predicted octanol–water partition coefficient (Wildman–Crippen LogP) is 0.680. The lowest BCUT2D eigenvalue weighted by atomic mass is 10.2. The highest BCUT2D eigenvalue weighted by atomic mass is 19.1. The monoisotopic (exact) mass is 348 g/mol. The van der Waals surface area contributed by atoms with Crippen molar-refractivity contribution in [3.63, 3.8) is 0 Å². The van der Waals surface area contributed by atoms with E-state index in [2.05, 4.69) is 5.32 Å². The number of cyclic esters (lactones) is 1. The summed E-state index contributed by atoms with van der Waals surface area (Å²) in [5.74, 6) is 0.406. The molecule has 3 fully saturated rings. The van der Waals surface area contributed by atoms with Gasteiger partial charge in [0.2, 0.25) is 5.91 Å². The van der Waals surface area contributed by atoms with Crippen molar-refractivity contribution in [2.24, 2.45) is 17.6 Å². The molecule has 0 radical (unpaired) electrons. The second-order valence-electron chi connectivity index (χ2n) is 7.00. The molecule has 7 nitrogen and oxygen atoms in total. The van der Waals surface area contributed by atoms with E-state index in [1.165, 1.54) is 17.9 Å². The first-order chi connectivity index (χ1) is 11.9. The molecule has 0 bridgehead atoms.